The zero-order valence-corrected chi connectivity index (χ0v) is 13.9. The van der Waals surface area contributed by atoms with Gasteiger partial charge >= 0.3 is 0 Å². The number of nitrogens with one attached hydrogen (secondary N) is 1. The largest absolute Gasteiger partial charge is 0.342 e. The molecule has 1 amide bonds. The van der Waals surface area contributed by atoms with Crippen LogP contribution in [0.2, 0.25) is 0 Å². The maximum absolute atomic E-state index is 12.5. The summed E-state index contributed by atoms with van der Waals surface area (Å²) in [5, 5.41) is 3.67. The number of piperidine rings is 1. The van der Waals surface area contributed by atoms with E-state index >= 15 is 0 Å². The number of benzene rings is 1. The molecule has 1 saturated heterocycles. The highest BCUT2D eigenvalue weighted by Gasteiger charge is 2.26. The SMILES string of the molecule is Cc1ccc(C)c(CC(=O)N2CCC(NCC3CC3)CC2)c1. The van der Waals surface area contributed by atoms with Crippen LogP contribution in [0.25, 0.3) is 0 Å². The lowest BCUT2D eigenvalue weighted by Gasteiger charge is -2.32. The summed E-state index contributed by atoms with van der Waals surface area (Å²) in [7, 11) is 0. The Morgan fingerprint density at radius 2 is 1.91 bits per heavy atom. The van der Waals surface area contributed by atoms with Crippen LogP contribution in [0.4, 0.5) is 0 Å². The van der Waals surface area contributed by atoms with Gasteiger partial charge in [-0.2, -0.15) is 0 Å². The molecule has 1 aliphatic carbocycles. The molecule has 120 valence electrons. The molecule has 2 aliphatic rings. The molecule has 0 aromatic heterocycles. The van der Waals surface area contributed by atoms with Gasteiger partial charge in [0.1, 0.15) is 0 Å². The van der Waals surface area contributed by atoms with E-state index in [-0.39, 0.29) is 5.91 Å². The summed E-state index contributed by atoms with van der Waals surface area (Å²) in [6.07, 6.45) is 5.56. The molecule has 1 N–H and O–H groups in total. The first-order valence-electron chi connectivity index (χ1n) is 8.69. The minimum absolute atomic E-state index is 0.286. The van der Waals surface area contributed by atoms with Crippen molar-refractivity contribution in [3.8, 4) is 0 Å². The maximum atomic E-state index is 12.5. The van der Waals surface area contributed by atoms with Crippen molar-refractivity contribution >= 4 is 5.91 Å². The Labute approximate surface area is 134 Å². The summed E-state index contributed by atoms with van der Waals surface area (Å²) in [6, 6.07) is 6.99. The fourth-order valence-electron chi connectivity index (χ4n) is 3.25. The predicted molar refractivity (Wildman–Crippen MR) is 89.9 cm³/mol. The molecule has 0 atom stereocenters. The lowest BCUT2D eigenvalue weighted by atomic mass is 10.0. The third-order valence-electron chi connectivity index (χ3n) is 5.09. The van der Waals surface area contributed by atoms with Gasteiger partial charge in [-0.25, -0.2) is 0 Å². The van der Waals surface area contributed by atoms with E-state index in [1.54, 1.807) is 0 Å². The second-order valence-corrected chi connectivity index (χ2v) is 7.11. The van der Waals surface area contributed by atoms with E-state index in [1.165, 1.54) is 36.1 Å². The second-order valence-electron chi connectivity index (χ2n) is 7.11. The molecule has 1 aliphatic heterocycles. The van der Waals surface area contributed by atoms with E-state index in [4.69, 9.17) is 0 Å². The molecule has 3 heteroatoms. The minimum Gasteiger partial charge on any atom is -0.342 e. The number of likely N-dealkylation sites (tertiary alicyclic amines) is 1. The van der Waals surface area contributed by atoms with Crippen LogP contribution in [0.15, 0.2) is 18.2 Å². The molecular weight excluding hydrogens is 272 g/mol. The van der Waals surface area contributed by atoms with Crippen LogP contribution >= 0.6 is 0 Å². The molecule has 1 heterocycles. The van der Waals surface area contributed by atoms with Crippen LogP contribution in [0.5, 0.6) is 0 Å². The van der Waals surface area contributed by atoms with Gasteiger partial charge in [0.25, 0.3) is 0 Å². The van der Waals surface area contributed by atoms with Crippen molar-refractivity contribution in [3.63, 3.8) is 0 Å². The molecule has 22 heavy (non-hydrogen) atoms. The number of hydrogen-bond acceptors (Lipinski definition) is 2. The van der Waals surface area contributed by atoms with E-state index in [1.807, 2.05) is 0 Å². The van der Waals surface area contributed by atoms with Crippen LogP contribution < -0.4 is 5.32 Å². The normalized spacial score (nSPS) is 19.5. The highest BCUT2D eigenvalue weighted by molar-refractivity contribution is 5.79. The van der Waals surface area contributed by atoms with Gasteiger partial charge in [-0.3, -0.25) is 4.79 Å². The molecule has 3 rings (SSSR count). The Balaban J connectivity index is 1.47. The summed E-state index contributed by atoms with van der Waals surface area (Å²) in [6.45, 7) is 7.18. The molecule has 0 unspecified atom stereocenters. The topological polar surface area (TPSA) is 32.3 Å². The predicted octanol–water partition coefficient (Wildman–Crippen LogP) is 2.84. The van der Waals surface area contributed by atoms with Gasteiger partial charge in [0.05, 0.1) is 6.42 Å². The van der Waals surface area contributed by atoms with Gasteiger partial charge in [0, 0.05) is 19.1 Å². The Hall–Kier alpha value is -1.35. The van der Waals surface area contributed by atoms with Gasteiger partial charge in [-0.05, 0) is 63.1 Å². The van der Waals surface area contributed by atoms with Crippen LogP contribution in [-0.4, -0.2) is 36.5 Å². The highest BCUT2D eigenvalue weighted by atomic mass is 16.2. The number of carbonyl (C=O) groups excluding carboxylic acids is 1. The second kappa shape index (κ2) is 6.82. The van der Waals surface area contributed by atoms with Crippen molar-refractivity contribution in [2.45, 2.75) is 52.0 Å². The van der Waals surface area contributed by atoms with Crippen molar-refractivity contribution < 1.29 is 4.79 Å². The van der Waals surface area contributed by atoms with Gasteiger partial charge in [0.15, 0.2) is 0 Å². The average Bonchev–Trinajstić information content (AvgIpc) is 3.33. The zero-order valence-electron chi connectivity index (χ0n) is 13.9. The van der Waals surface area contributed by atoms with E-state index in [0.717, 1.165) is 31.8 Å². The number of amides is 1. The quantitative estimate of drug-likeness (QED) is 0.907. The molecule has 1 aromatic carbocycles. The van der Waals surface area contributed by atoms with Gasteiger partial charge in [-0.1, -0.05) is 23.8 Å². The molecule has 2 fully saturated rings. The summed E-state index contributed by atoms with van der Waals surface area (Å²) in [5.41, 5.74) is 3.63. The smallest absolute Gasteiger partial charge is 0.227 e. The van der Waals surface area contributed by atoms with Crippen molar-refractivity contribution in [3.05, 3.63) is 34.9 Å². The lowest BCUT2D eigenvalue weighted by Crippen LogP contribution is -2.45. The van der Waals surface area contributed by atoms with Crippen LogP contribution in [0.1, 0.15) is 42.4 Å². The summed E-state index contributed by atoms with van der Waals surface area (Å²) < 4.78 is 0. The molecule has 3 nitrogen and oxygen atoms in total. The Kier molecular flexibility index (Phi) is 4.82. The Bertz CT molecular complexity index is 528. The highest BCUT2D eigenvalue weighted by Crippen LogP contribution is 2.28. The van der Waals surface area contributed by atoms with E-state index in [0.29, 0.717) is 12.5 Å². The number of rotatable bonds is 5. The molecule has 0 spiro atoms. The van der Waals surface area contributed by atoms with Crippen molar-refractivity contribution in [2.24, 2.45) is 5.92 Å². The minimum atomic E-state index is 0.286. The first-order chi connectivity index (χ1) is 10.6. The number of nitrogens with zero attached hydrogens (tertiary/aromatic N) is 1. The molecular formula is C19H28N2O. The zero-order chi connectivity index (χ0) is 15.5. The van der Waals surface area contributed by atoms with Gasteiger partial charge in [-0.15, -0.1) is 0 Å². The fourth-order valence-corrected chi connectivity index (χ4v) is 3.25. The van der Waals surface area contributed by atoms with Crippen molar-refractivity contribution in [1.29, 1.82) is 0 Å². The molecule has 1 aromatic rings. The third-order valence-corrected chi connectivity index (χ3v) is 5.09. The van der Waals surface area contributed by atoms with Crippen molar-refractivity contribution in [1.82, 2.24) is 10.2 Å². The standard InChI is InChI=1S/C19H28N2O/c1-14-3-4-15(2)17(11-14)12-19(22)21-9-7-18(8-10-21)20-13-16-5-6-16/h3-4,11,16,18,20H,5-10,12-13H2,1-2H3. The first kappa shape index (κ1) is 15.5. The summed E-state index contributed by atoms with van der Waals surface area (Å²) >= 11 is 0. The monoisotopic (exact) mass is 300 g/mol. The van der Waals surface area contributed by atoms with Gasteiger partial charge < -0.3 is 10.2 Å². The van der Waals surface area contributed by atoms with Gasteiger partial charge in [0.2, 0.25) is 5.91 Å². The maximum Gasteiger partial charge on any atom is 0.227 e. The Morgan fingerprint density at radius 3 is 2.59 bits per heavy atom. The number of aryl methyl sites for hydroxylation is 2. The van der Waals surface area contributed by atoms with E-state index < -0.39 is 0 Å². The summed E-state index contributed by atoms with van der Waals surface area (Å²) in [4.78, 5) is 14.6. The molecule has 0 bridgehead atoms. The average molecular weight is 300 g/mol. The van der Waals surface area contributed by atoms with Crippen LogP contribution in [-0.2, 0) is 11.2 Å². The number of carbonyl (C=O) groups is 1. The van der Waals surface area contributed by atoms with Crippen LogP contribution in [0.3, 0.4) is 0 Å². The summed E-state index contributed by atoms with van der Waals surface area (Å²) in [5.74, 6) is 1.22. The van der Waals surface area contributed by atoms with Crippen LogP contribution in [0, 0.1) is 19.8 Å². The lowest BCUT2D eigenvalue weighted by molar-refractivity contribution is -0.131. The number of hydrogen-bond donors (Lipinski definition) is 1. The molecule has 1 saturated carbocycles. The first-order valence-corrected chi connectivity index (χ1v) is 8.69. The molecule has 0 radical (unpaired) electrons. The third kappa shape index (κ3) is 4.10. The fraction of sp³-hybridized carbons (Fsp3) is 0.632. The Morgan fingerprint density at radius 1 is 1.18 bits per heavy atom. The van der Waals surface area contributed by atoms with E-state index in [2.05, 4.69) is 42.3 Å². The van der Waals surface area contributed by atoms with E-state index in [9.17, 15) is 4.79 Å². The van der Waals surface area contributed by atoms with Crippen molar-refractivity contribution in [2.75, 3.05) is 19.6 Å².